The summed E-state index contributed by atoms with van der Waals surface area (Å²) in [5.74, 6) is 0. The number of hydrogen-bond acceptors (Lipinski definition) is 4. The zero-order chi connectivity index (χ0) is 18.0. The third-order valence-corrected chi connectivity index (χ3v) is 5.36. The average Bonchev–Trinajstić information content (AvgIpc) is 3.26. The summed E-state index contributed by atoms with van der Waals surface area (Å²) < 4.78 is 6.19. The van der Waals surface area contributed by atoms with Crippen molar-refractivity contribution in [1.82, 2.24) is 9.97 Å². The summed E-state index contributed by atoms with van der Waals surface area (Å²) in [6.45, 7) is 0. The normalized spacial score (nSPS) is 12.4. The molecule has 1 aliphatic rings. The standard InChI is InChI=1S/C23H15N3O/c24-14-5-6-20-19(12-14)22-23(27-20)17(8-10-26-22)16-7-9-25-21-15-4-2-1-3-13(15)11-18(16)21/h1-10,12H,11,24H2. The first kappa shape index (κ1) is 14.5. The van der Waals surface area contributed by atoms with Crippen LogP contribution in [0.3, 0.4) is 0 Å². The predicted octanol–water partition coefficient (Wildman–Crippen LogP) is 5.20. The van der Waals surface area contributed by atoms with E-state index < -0.39 is 0 Å². The molecule has 3 aromatic heterocycles. The fourth-order valence-electron chi connectivity index (χ4n) is 4.14. The highest BCUT2D eigenvalue weighted by atomic mass is 16.3. The quantitative estimate of drug-likeness (QED) is 0.415. The highest BCUT2D eigenvalue weighted by Gasteiger charge is 2.24. The van der Waals surface area contributed by atoms with Crippen LogP contribution < -0.4 is 5.73 Å². The molecule has 3 heterocycles. The zero-order valence-electron chi connectivity index (χ0n) is 14.4. The summed E-state index contributed by atoms with van der Waals surface area (Å²) in [7, 11) is 0. The number of pyridine rings is 2. The predicted molar refractivity (Wildman–Crippen MR) is 107 cm³/mol. The molecule has 0 atom stereocenters. The number of benzene rings is 2. The third-order valence-electron chi connectivity index (χ3n) is 5.36. The van der Waals surface area contributed by atoms with Gasteiger partial charge < -0.3 is 10.2 Å². The molecule has 27 heavy (non-hydrogen) atoms. The number of nitrogen functional groups attached to an aromatic ring is 1. The molecule has 0 radical (unpaired) electrons. The summed E-state index contributed by atoms with van der Waals surface area (Å²) in [6, 6.07) is 18.2. The van der Waals surface area contributed by atoms with Gasteiger partial charge >= 0.3 is 0 Å². The van der Waals surface area contributed by atoms with Gasteiger partial charge in [-0.1, -0.05) is 24.3 Å². The van der Waals surface area contributed by atoms with Gasteiger partial charge in [-0.25, -0.2) is 0 Å². The Balaban J connectivity index is 1.65. The molecule has 0 saturated heterocycles. The van der Waals surface area contributed by atoms with Crippen LogP contribution in [0, 0.1) is 0 Å². The summed E-state index contributed by atoms with van der Waals surface area (Å²) in [4.78, 5) is 9.22. The molecule has 4 heteroatoms. The molecule has 6 rings (SSSR count). The highest BCUT2D eigenvalue weighted by Crippen LogP contribution is 2.42. The minimum Gasteiger partial charge on any atom is -0.454 e. The second kappa shape index (κ2) is 5.17. The Hall–Kier alpha value is -3.66. The van der Waals surface area contributed by atoms with E-state index in [1.165, 1.54) is 16.7 Å². The van der Waals surface area contributed by atoms with E-state index in [4.69, 9.17) is 10.2 Å². The molecule has 128 valence electrons. The van der Waals surface area contributed by atoms with E-state index in [1.54, 1.807) is 0 Å². The molecule has 0 aliphatic heterocycles. The van der Waals surface area contributed by atoms with Crippen molar-refractivity contribution in [2.45, 2.75) is 6.42 Å². The van der Waals surface area contributed by atoms with E-state index >= 15 is 0 Å². The molecule has 0 spiro atoms. The first-order valence-electron chi connectivity index (χ1n) is 8.93. The van der Waals surface area contributed by atoms with Crippen LogP contribution in [-0.4, -0.2) is 9.97 Å². The summed E-state index contributed by atoms with van der Waals surface area (Å²) in [5.41, 5.74) is 16.1. The van der Waals surface area contributed by atoms with Crippen LogP contribution >= 0.6 is 0 Å². The summed E-state index contributed by atoms with van der Waals surface area (Å²) in [5, 5.41) is 0.945. The van der Waals surface area contributed by atoms with E-state index in [-0.39, 0.29) is 0 Å². The lowest BCUT2D eigenvalue weighted by Crippen LogP contribution is -1.91. The Morgan fingerprint density at radius 3 is 2.67 bits per heavy atom. The maximum absolute atomic E-state index is 6.19. The van der Waals surface area contributed by atoms with E-state index in [0.717, 1.165) is 45.3 Å². The minimum absolute atomic E-state index is 0.706. The van der Waals surface area contributed by atoms with E-state index in [1.807, 2.05) is 36.7 Å². The number of hydrogen-bond donors (Lipinski definition) is 1. The molecular formula is C23H15N3O. The van der Waals surface area contributed by atoms with Gasteiger partial charge in [-0.05, 0) is 47.0 Å². The topological polar surface area (TPSA) is 64.9 Å². The number of fused-ring (bicyclic) bond motifs is 6. The average molecular weight is 349 g/mol. The molecule has 0 bridgehead atoms. The molecule has 0 amide bonds. The van der Waals surface area contributed by atoms with Gasteiger partial charge in [0.25, 0.3) is 0 Å². The Kier molecular flexibility index (Phi) is 2.78. The van der Waals surface area contributed by atoms with E-state index in [2.05, 4.69) is 40.3 Å². The van der Waals surface area contributed by atoms with Crippen molar-refractivity contribution in [1.29, 1.82) is 0 Å². The number of nitrogens with zero attached hydrogens (tertiary/aromatic N) is 2. The second-order valence-electron chi connectivity index (χ2n) is 6.91. The number of rotatable bonds is 1. The molecule has 0 fully saturated rings. The van der Waals surface area contributed by atoms with Crippen molar-refractivity contribution in [2.75, 3.05) is 5.73 Å². The van der Waals surface area contributed by atoms with Crippen molar-refractivity contribution in [3.05, 3.63) is 78.1 Å². The largest absolute Gasteiger partial charge is 0.454 e. The van der Waals surface area contributed by atoms with Crippen molar-refractivity contribution in [3.8, 4) is 22.4 Å². The van der Waals surface area contributed by atoms with Crippen LogP contribution in [0.25, 0.3) is 44.5 Å². The van der Waals surface area contributed by atoms with Crippen molar-refractivity contribution in [2.24, 2.45) is 0 Å². The van der Waals surface area contributed by atoms with Crippen LogP contribution in [0.1, 0.15) is 11.1 Å². The van der Waals surface area contributed by atoms with Crippen LogP contribution in [-0.2, 0) is 6.42 Å². The zero-order valence-corrected chi connectivity index (χ0v) is 14.4. The van der Waals surface area contributed by atoms with Crippen molar-refractivity contribution in [3.63, 3.8) is 0 Å². The Morgan fingerprint density at radius 2 is 1.70 bits per heavy atom. The van der Waals surface area contributed by atoms with Gasteiger partial charge in [-0.3, -0.25) is 9.97 Å². The lowest BCUT2D eigenvalue weighted by Gasteiger charge is -2.08. The molecule has 0 saturated carbocycles. The van der Waals surface area contributed by atoms with Crippen LogP contribution in [0.5, 0.6) is 0 Å². The molecule has 1 aliphatic carbocycles. The van der Waals surface area contributed by atoms with Crippen molar-refractivity contribution >= 4 is 27.8 Å². The molecule has 2 aromatic carbocycles. The molecular weight excluding hydrogens is 334 g/mol. The Labute approximate surface area is 155 Å². The third kappa shape index (κ3) is 1.98. The molecule has 4 nitrogen and oxygen atoms in total. The first-order chi connectivity index (χ1) is 13.3. The molecule has 2 N–H and O–H groups in total. The number of furan rings is 1. The lowest BCUT2D eigenvalue weighted by atomic mass is 9.99. The van der Waals surface area contributed by atoms with Gasteiger partial charge in [-0.2, -0.15) is 0 Å². The van der Waals surface area contributed by atoms with Gasteiger partial charge in [-0.15, -0.1) is 0 Å². The van der Waals surface area contributed by atoms with Gasteiger partial charge in [0.15, 0.2) is 5.58 Å². The SMILES string of the molecule is Nc1ccc2oc3c(-c4ccnc5c4Cc4ccccc4-5)ccnc3c2c1. The fraction of sp³-hybridized carbons (Fsp3) is 0.0435. The lowest BCUT2D eigenvalue weighted by molar-refractivity contribution is 0.669. The van der Waals surface area contributed by atoms with Crippen LogP contribution in [0.15, 0.2) is 71.4 Å². The van der Waals surface area contributed by atoms with Gasteiger partial charge in [0.2, 0.25) is 0 Å². The number of aromatic nitrogens is 2. The van der Waals surface area contributed by atoms with Gasteiger partial charge in [0, 0.05) is 41.0 Å². The van der Waals surface area contributed by atoms with Crippen molar-refractivity contribution < 1.29 is 4.42 Å². The van der Waals surface area contributed by atoms with Gasteiger partial charge in [0.1, 0.15) is 11.1 Å². The number of anilines is 1. The first-order valence-corrected chi connectivity index (χ1v) is 8.93. The maximum atomic E-state index is 6.19. The highest BCUT2D eigenvalue weighted by molar-refractivity contribution is 6.08. The Morgan fingerprint density at radius 1 is 0.852 bits per heavy atom. The number of nitrogens with two attached hydrogens (primary N) is 1. The fourth-order valence-corrected chi connectivity index (χ4v) is 4.14. The smallest absolute Gasteiger partial charge is 0.161 e. The second-order valence-corrected chi connectivity index (χ2v) is 6.91. The van der Waals surface area contributed by atoms with E-state index in [9.17, 15) is 0 Å². The van der Waals surface area contributed by atoms with Crippen LogP contribution in [0.2, 0.25) is 0 Å². The summed E-state index contributed by atoms with van der Waals surface area (Å²) in [6.07, 6.45) is 4.60. The van der Waals surface area contributed by atoms with E-state index in [0.29, 0.717) is 5.69 Å². The van der Waals surface area contributed by atoms with Gasteiger partial charge in [0.05, 0.1) is 5.69 Å². The van der Waals surface area contributed by atoms with Crippen LogP contribution in [0.4, 0.5) is 5.69 Å². The maximum Gasteiger partial charge on any atom is 0.161 e. The molecule has 0 unspecified atom stereocenters. The summed E-state index contributed by atoms with van der Waals surface area (Å²) >= 11 is 0. The monoisotopic (exact) mass is 349 g/mol. The molecule has 5 aromatic rings. The minimum atomic E-state index is 0.706. The Bertz CT molecular complexity index is 1370.